The van der Waals surface area contributed by atoms with Crippen LogP contribution in [-0.2, 0) is 47.5 Å². The van der Waals surface area contributed by atoms with Crippen LogP contribution in [0, 0.1) is 0 Å². The summed E-state index contributed by atoms with van der Waals surface area (Å²) in [6.07, 6.45) is 0. The van der Waals surface area contributed by atoms with E-state index in [0.717, 1.165) is 0 Å². The average molecular weight is 456 g/mol. The average Bonchev–Trinajstić information content (AvgIpc) is 2.78. The van der Waals surface area contributed by atoms with E-state index >= 15 is 0 Å². The van der Waals surface area contributed by atoms with Gasteiger partial charge in [-0.2, -0.15) is 5.06 Å². The fourth-order valence-corrected chi connectivity index (χ4v) is 2.29. The molecule has 31 heavy (non-hydrogen) atoms. The van der Waals surface area contributed by atoms with Gasteiger partial charge in [-0.1, -0.05) is 0 Å². The molecule has 11 nitrogen and oxygen atoms in total. The zero-order chi connectivity index (χ0) is 22.1. The SMILES string of the molecule is COCCOCCOCCOCCN1COCCOCCOCCOCCOCCO1. The summed E-state index contributed by atoms with van der Waals surface area (Å²) < 4.78 is 48.7. The van der Waals surface area contributed by atoms with E-state index in [1.165, 1.54) is 0 Å². The Balaban J connectivity index is 2.08. The summed E-state index contributed by atoms with van der Waals surface area (Å²) in [5.74, 6) is 0. The molecule has 0 aromatic carbocycles. The molecule has 0 radical (unpaired) electrons. The van der Waals surface area contributed by atoms with Crippen molar-refractivity contribution < 1.29 is 47.5 Å². The Labute approximate surface area is 186 Å². The lowest BCUT2D eigenvalue weighted by Gasteiger charge is -2.22. The van der Waals surface area contributed by atoms with Crippen molar-refractivity contribution in [1.82, 2.24) is 5.06 Å². The van der Waals surface area contributed by atoms with Crippen molar-refractivity contribution in [2.75, 3.05) is 133 Å². The molecular formula is C20H41NO10. The smallest absolute Gasteiger partial charge is 0.122 e. The van der Waals surface area contributed by atoms with Crippen molar-refractivity contribution in [2.24, 2.45) is 0 Å². The minimum absolute atomic E-state index is 0.321. The van der Waals surface area contributed by atoms with Crippen LogP contribution in [0.5, 0.6) is 0 Å². The standard InChI is InChI=1S/C20H41NO10/c1-22-4-5-24-8-9-25-7-6-23-3-2-21-20-30-17-16-28-13-12-26-10-11-27-14-15-29-18-19-31-21/h2-20H2,1H3. The fraction of sp³-hybridized carbons (Fsp3) is 1.00. The molecule has 1 aliphatic heterocycles. The summed E-state index contributed by atoms with van der Waals surface area (Å²) in [6.45, 7) is 9.75. The van der Waals surface area contributed by atoms with Crippen LogP contribution in [0.3, 0.4) is 0 Å². The predicted molar refractivity (Wildman–Crippen MR) is 111 cm³/mol. The molecule has 1 rings (SSSR count). The Morgan fingerprint density at radius 2 is 0.935 bits per heavy atom. The highest BCUT2D eigenvalue weighted by Crippen LogP contribution is 1.95. The van der Waals surface area contributed by atoms with Gasteiger partial charge < -0.3 is 42.6 Å². The zero-order valence-electron chi connectivity index (χ0n) is 19.0. The normalized spacial score (nSPS) is 19.6. The maximum absolute atomic E-state index is 5.72. The molecule has 0 atom stereocenters. The number of hydrogen-bond donors (Lipinski definition) is 0. The van der Waals surface area contributed by atoms with Gasteiger partial charge in [-0.15, -0.1) is 0 Å². The monoisotopic (exact) mass is 455 g/mol. The molecule has 0 bridgehead atoms. The molecule has 0 unspecified atom stereocenters. The van der Waals surface area contributed by atoms with Crippen LogP contribution in [-0.4, -0.2) is 138 Å². The first-order valence-corrected chi connectivity index (χ1v) is 10.9. The third-order valence-electron chi connectivity index (χ3n) is 3.89. The third kappa shape index (κ3) is 21.2. The summed E-state index contributed by atoms with van der Waals surface area (Å²) in [5.41, 5.74) is 0. The number of hydroxylamine groups is 2. The van der Waals surface area contributed by atoms with Crippen LogP contribution in [0.1, 0.15) is 0 Å². The Bertz CT molecular complexity index is 336. The number of methoxy groups -OCH3 is 1. The molecule has 0 aliphatic carbocycles. The highest BCUT2D eigenvalue weighted by atomic mass is 16.7. The summed E-state index contributed by atoms with van der Waals surface area (Å²) in [6, 6.07) is 0. The first kappa shape index (κ1) is 28.6. The van der Waals surface area contributed by atoms with Gasteiger partial charge in [0.05, 0.1) is 119 Å². The van der Waals surface area contributed by atoms with E-state index in [0.29, 0.717) is 126 Å². The number of ether oxygens (including phenoxy) is 9. The maximum atomic E-state index is 5.72. The van der Waals surface area contributed by atoms with Gasteiger partial charge in [0.2, 0.25) is 0 Å². The van der Waals surface area contributed by atoms with Crippen LogP contribution >= 0.6 is 0 Å². The van der Waals surface area contributed by atoms with Crippen molar-refractivity contribution in [2.45, 2.75) is 0 Å². The van der Waals surface area contributed by atoms with Crippen molar-refractivity contribution in [3.05, 3.63) is 0 Å². The lowest BCUT2D eigenvalue weighted by Crippen LogP contribution is -2.32. The van der Waals surface area contributed by atoms with E-state index in [4.69, 9.17) is 47.5 Å². The minimum atomic E-state index is 0.321. The minimum Gasteiger partial charge on any atom is -0.382 e. The molecule has 0 N–H and O–H groups in total. The highest BCUT2D eigenvalue weighted by Gasteiger charge is 2.06. The first-order valence-electron chi connectivity index (χ1n) is 10.9. The third-order valence-corrected chi connectivity index (χ3v) is 3.89. The van der Waals surface area contributed by atoms with Gasteiger partial charge in [-0.25, -0.2) is 0 Å². The van der Waals surface area contributed by atoms with Crippen LogP contribution in [0.15, 0.2) is 0 Å². The lowest BCUT2D eigenvalue weighted by atomic mass is 10.6. The molecule has 0 aromatic rings. The number of nitrogens with zero attached hydrogens (tertiary/aromatic N) is 1. The summed E-state index contributed by atoms with van der Waals surface area (Å²) in [4.78, 5) is 5.72. The van der Waals surface area contributed by atoms with Crippen LogP contribution in [0.4, 0.5) is 0 Å². The largest absolute Gasteiger partial charge is 0.382 e. The quantitative estimate of drug-likeness (QED) is 0.371. The van der Waals surface area contributed by atoms with Crippen LogP contribution in [0.25, 0.3) is 0 Å². The molecule has 1 heterocycles. The molecule has 1 aliphatic rings. The molecule has 186 valence electrons. The van der Waals surface area contributed by atoms with Gasteiger partial charge in [0.15, 0.2) is 0 Å². The second-order valence-electron chi connectivity index (χ2n) is 6.36. The van der Waals surface area contributed by atoms with Gasteiger partial charge in [0, 0.05) is 7.11 Å². The van der Waals surface area contributed by atoms with Crippen molar-refractivity contribution >= 4 is 0 Å². The Morgan fingerprint density at radius 1 is 0.516 bits per heavy atom. The molecule has 0 spiro atoms. The molecule has 0 aromatic heterocycles. The van der Waals surface area contributed by atoms with E-state index in [2.05, 4.69) is 0 Å². The van der Waals surface area contributed by atoms with Gasteiger partial charge in [-0.05, 0) is 0 Å². The van der Waals surface area contributed by atoms with Gasteiger partial charge >= 0.3 is 0 Å². The number of hydrogen-bond acceptors (Lipinski definition) is 11. The zero-order valence-corrected chi connectivity index (χ0v) is 19.0. The maximum Gasteiger partial charge on any atom is 0.122 e. The summed E-state index contributed by atoms with van der Waals surface area (Å²) in [5, 5.41) is 1.72. The van der Waals surface area contributed by atoms with E-state index in [1.54, 1.807) is 12.2 Å². The Morgan fingerprint density at radius 3 is 1.45 bits per heavy atom. The number of rotatable bonds is 12. The molecule has 0 amide bonds. The van der Waals surface area contributed by atoms with Crippen LogP contribution in [0.2, 0.25) is 0 Å². The fourth-order valence-electron chi connectivity index (χ4n) is 2.29. The van der Waals surface area contributed by atoms with Gasteiger partial charge in [-0.3, -0.25) is 4.84 Å². The Kier molecular flexibility index (Phi) is 22.3. The van der Waals surface area contributed by atoms with E-state index in [1.807, 2.05) is 0 Å². The molecule has 0 saturated carbocycles. The second kappa shape index (κ2) is 24.2. The first-order chi connectivity index (χ1) is 15.4. The topological polar surface area (TPSA) is 95.5 Å². The van der Waals surface area contributed by atoms with Crippen molar-refractivity contribution in [3.8, 4) is 0 Å². The van der Waals surface area contributed by atoms with Crippen LogP contribution < -0.4 is 0 Å². The molecule has 11 heteroatoms. The van der Waals surface area contributed by atoms with Gasteiger partial charge in [0.1, 0.15) is 6.73 Å². The van der Waals surface area contributed by atoms with Gasteiger partial charge in [0.25, 0.3) is 0 Å². The van der Waals surface area contributed by atoms with Crippen molar-refractivity contribution in [1.29, 1.82) is 0 Å². The highest BCUT2D eigenvalue weighted by molar-refractivity contribution is 4.43. The van der Waals surface area contributed by atoms with E-state index in [-0.39, 0.29) is 0 Å². The molecule has 1 fully saturated rings. The second-order valence-corrected chi connectivity index (χ2v) is 6.36. The summed E-state index contributed by atoms with van der Waals surface area (Å²) in [7, 11) is 1.65. The Hall–Kier alpha value is -0.440. The predicted octanol–water partition coefficient (Wildman–Crippen LogP) is -0.0297. The van der Waals surface area contributed by atoms with E-state index in [9.17, 15) is 0 Å². The van der Waals surface area contributed by atoms with Crippen molar-refractivity contribution in [3.63, 3.8) is 0 Å². The van der Waals surface area contributed by atoms with E-state index < -0.39 is 0 Å². The summed E-state index contributed by atoms with van der Waals surface area (Å²) >= 11 is 0. The molecular weight excluding hydrogens is 414 g/mol. The molecule has 1 saturated heterocycles. The lowest BCUT2D eigenvalue weighted by molar-refractivity contribution is -0.222.